The van der Waals surface area contributed by atoms with Crippen molar-refractivity contribution in [1.82, 2.24) is 15.0 Å². The Bertz CT molecular complexity index is 2870. The summed E-state index contributed by atoms with van der Waals surface area (Å²) < 4.78 is 0. The molecule has 60 heavy (non-hydrogen) atoms. The Balaban J connectivity index is 1.23. The van der Waals surface area contributed by atoms with Gasteiger partial charge in [0, 0.05) is 28.4 Å². The fraction of sp³-hybridized carbons (Fsp3) is 0.125. The Morgan fingerprint density at radius 3 is 1.35 bits per heavy atom. The highest BCUT2D eigenvalue weighted by Gasteiger charge is 2.26. The normalized spacial score (nSPS) is 11.3. The van der Waals surface area contributed by atoms with E-state index in [0.29, 0.717) is 17.6 Å². The van der Waals surface area contributed by atoms with E-state index in [1.807, 2.05) is 18.2 Å². The van der Waals surface area contributed by atoms with Crippen LogP contribution in [0.5, 0.6) is 0 Å². The number of benzene rings is 8. The van der Waals surface area contributed by atoms with Gasteiger partial charge in [-0.1, -0.05) is 157 Å². The number of hydrogen-bond donors (Lipinski definition) is 0. The Morgan fingerprint density at radius 2 is 0.800 bits per heavy atom. The Hall–Kier alpha value is -7.17. The number of rotatable bonds is 9. The van der Waals surface area contributed by atoms with E-state index in [1.54, 1.807) is 0 Å². The lowest BCUT2D eigenvalue weighted by atomic mass is 9.77. The summed E-state index contributed by atoms with van der Waals surface area (Å²) in [5.41, 5.74) is 17.8. The average molecular weight is 777 g/mol. The highest BCUT2D eigenvalue weighted by Crippen LogP contribution is 2.42. The van der Waals surface area contributed by atoms with Crippen molar-refractivity contribution in [2.45, 2.75) is 47.5 Å². The number of anilines is 3. The van der Waals surface area contributed by atoms with E-state index in [1.165, 1.54) is 61.0 Å². The van der Waals surface area contributed by atoms with Crippen LogP contribution in [-0.2, 0) is 0 Å². The van der Waals surface area contributed by atoms with Crippen LogP contribution in [0.15, 0.2) is 176 Å². The van der Waals surface area contributed by atoms with Crippen molar-refractivity contribution < 1.29 is 0 Å². The molecule has 0 aliphatic heterocycles. The first kappa shape index (κ1) is 38.4. The van der Waals surface area contributed by atoms with Gasteiger partial charge in [0.2, 0.25) is 5.95 Å². The Kier molecular flexibility index (Phi) is 10.4. The summed E-state index contributed by atoms with van der Waals surface area (Å²) in [7, 11) is 0. The quantitative estimate of drug-likeness (QED) is 0.137. The first-order valence-corrected chi connectivity index (χ1v) is 20.7. The summed E-state index contributed by atoms with van der Waals surface area (Å²) in [5.74, 6) is 1.82. The minimum absolute atomic E-state index is 0.0558. The van der Waals surface area contributed by atoms with E-state index < -0.39 is 0 Å². The van der Waals surface area contributed by atoms with Crippen LogP contribution in [0.2, 0.25) is 0 Å². The van der Waals surface area contributed by atoms with Crippen molar-refractivity contribution in [2.24, 2.45) is 0 Å². The maximum absolute atomic E-state index is 5.29. The van der Waals surface area contributed by atoms with Crippen LogP contribution >= 0.6 is 0 Å². The molecule has 292 valence electrons. The van der Waals surface area contributed by atoms with Crippen LogP contribution < -0.4 is 4.90 Å². The number of hydrogen-bond acceptors (Lipinski definition) is 4. The molecule has 0 unspecified atom stereocenters. The molecular weight excluding hydrogens is 729 g/mol. The van der Waals surface area contributed by atoms with Crippen molar-refractivity contribution in [3.8, 4) is 33.9 Å². The highest BCUT2D eigenvalue weighted by molar-refractivity contribution is 5.87. The molecule has 9 aromatic rings. The van der Waals surface area contributed by atoms with Crippen LogP contribution in [0.25, 0.3) is 44.7 Å². The zero-order chi connectivity index (χ0) is 41.3. The molecule has 0 saturated carbocycles. The fourth-order valence-electron chi connectivity index (χ4n) is 9.04. The largest absolute Gasteiger partial charge is 0.279 e. The van der Waals surface area contributed by atoms with Crippen LogP contribution in [0.3, 0.4) is 0 Å². The number of fused-ring (bicyclic) bond motifs is 1. The molecule has 9 rings (SSSR count). The molecule has 0 fully saturated rings. The van der Waals surface area contributed by atoms with Gasteiger partial charge in [0.25, 0.3) is 0 Å². The van der Waals surface area contributed by atoms with E-state index in [4.69, 9.17) is 15.0 Å². The second-order valence-corrected chi connectivity index (χ2v) is 16.1. The molecular formula is C56H48N4. The van der Waals surface area contributed by atoms with Crippen molar-refractivity contribution in [3.05, 3.63) is 226 Å². The predicted octanol–water partition coefficient (Wildman–Crippen LogP) is 14.5. The van der Waals surface area contributed by atoms with Crippen LogP contribution in [-0.4, -0.2) is 15.0 Å². The van der Waals surface area contributed by atoms with Gasteiger partial charge in [0.05, 0.1) is 0 Å². The summed E-state index contributed by atoms with van der Waals surface area (Å²) in [6, 6.07) is 62.5. The van der Waals surface area contributed by atoms with Gasteiger partial charge < -0.3 is 0 Å². The lowest BCUT2D eigenvalue weighted by molar-refractivity contribution is 0.919. The average Bonchev–Trinajstić information content (AvgIpc) is 3.26. The second-order valence-electron chi connectivity index (χ2n) is 16.1. The molecule has 0 amide bonds. The molecule has 4 heteroatoms. The van der Waals surface area contributed by atoms with Gasteiger partial charge in [-0.15, -0.1) is 0 Å². The molecule has 0 aliphatic carbocycles. The third kappa shape index (κ3) is 7.60. The molecule has 0 aliphatic rings. The zero-order valence-corrected chi connectivity index (χ0v) is 35.1. The smallest absolute Gasteiger partial charge is 0.238 e. The van der Waals surface area contributed by atoms with Gasteiger partial charge in [-0.25, -0.2) is 4.98 Å². The molecule has 0 N–H and O–H groups in total. The van der Waals surface area contributed by atoms with Crippen molar-refractivity contribution in [1.29, 1.82) is 0 Å². The van der Waals surface area contributed by atoms with E-state index in [2.05, 4.69) is 204 Å². The first-order chi connectivity index (χ1) is 29.2. The standard InChI is InChI=1S/C56H48N4/c1-36-31-38(3)51(39(4)32-36)53(52-40(5)33-37(2)34-41(52)6)45-25-29-50(30-26-45)60(49-27-23-44(24-28-49)42-15-9-7-10-16-42)56-58-54(46-18-11-8-12-19-46)57-55(59-56)48-22-21-43-17-13-14-20-47(43)35-48/h7-35,53H,1-6H3. The van der Waals surface area contributed by atoms with Gasteiger partial charge in [0.1, 0.15) is 0 Å². The summed E-state index contributed by atoms with van der Waals surface area (Å²) in [6.45, 7) is 13.4. The van der Waals surface area contributed by atoms with Crippen molar-refractivity contribution in [2.75, 3.05) is 4.90 Å². The van der Waals surface area contributed by atoms with Crippen molar-refractivity contribution in [3.63, 3.8) is 0 Å². The summed E-state index contributed by atoms with van der Waals surface area (Å²) in [4.78, 5) is 17.8. The van der Waals surface area contributed by atoms with E-state index in [0.717, 1.165) is 33.5 Å². The molecule has 1 heterocycles. The second kappa shape index (κ2) is 16.2. The molecule has 0 atom stereocenters. The summed E-state index contributed by atoms with van der Waals surface area (Å²) in [6.07, 6.45) is 0. The fourth-order valence-corrected chi connectivity index (χ4v) is 9.04. The highest BCUT2D eigenvalue weighted by atomic mass is 15.3. The third-order valence-electron chi connectivity index (χ3n) is 11.6. The van der Waals surface area contributed by atoms with Gasteiger partial charge in [-0.2, -0.15) is 9.97 Å². The van der Waals surface area contributed by atoms with Crippen LogP contribution in [0.4, 0.5) is 17.3 Å². The van der Waals surface area contributed by atoms with Crippen LogP contribution in [0, 0.1) is 41.5 Å². The zero-order valence-electron chi connectivity index (χ0n) is 35.1. The maximum Gasteiger partial charge on any atom is 0.238 e. The minimum Gasteiger partial charge on any atom is -0.279 e. The maximum atomic E-state index is 5.29. The predicted molar refractivity (Wildman–Crippen MR) is 251 cm³/mol. The number of nitrogens with zero attached hydrogens (tertiary/aromatic N) is 4. The lowest BCUT2D eigenvalue weighted by Gasteiger charge is -2.28. The lowest BCUT2D eigenvalue weighted by Crippen LogP contribution is -2.16. The Morgan fingerprint density at radius 1 is 0.367 bits per heavy atom. The number of aryl methyl sites for hydroxylation is 6. The summed E-state index contributed by atoms with van der Waals surface area (Å²) in [5, 5.41) is 2.30. The first-order valence-electron chi connectivity index (χ1n) is 20.7. The SMILES string of the molecule is Cc1cc(C)c(C(c2ccc(N(c3ccc(-c4ccccc4)cc3)c3nc(-c4ccccc4)nc(-c4ccc5ccccc5c4)n3)cc2)c2c(C)cc(C)cc2C)c(C)c1. The molecule has 1 aromatic heterocycles. The molecule has 4 nitrogen and oxygen atoms in total. The Labute approximate surface area is 353 Å². The summed E-state index contributed by atoms with van der Waals surface area (Å²) >= 11 is 0. The monoisotopic (exact) mass is 776 g/mol. The molecule has 0 spiro atoms. The van der Waals surface area contributed by atoms with E-state index in [9.17, 15) is 0 Å². The van der Waals surface area contributed by atoms with Crippen LogP contribution in [0.1, 0.15) is 56.0 Å². The molecule has 0 radical (unpaired) electrons. The van der Waals surface area contributed by atoms with Gasteiger partial charge in [-0.3, -0.25) is 4.90 Å². The molecule has 0 bridgehead atoms. The van der Waals surface area contributed by atoms with E-state index >= 15 is 0 Å². The molecule has 0 saturated heterocycles. The topological polar surface area (TPSA) is 41.9 Å². The van der Waals surface area contributed by atoms with Gasteiger partial charge in [0.15, 0.2) is 11.6 Å². The molecule has 8 aromatic carbocycles. The minimum atomic E-state index is 0.0558. The number of aromatic nitrogens is 3. The van der Waals surface area contributed by atoms with Gasteiger partial charge in [-0.05, 0) is 133 Å². The van der Waals surface area contributed by atoms with Gasteiger partial charge >= 0.3 is 0 Å². The third-order valence-corrected chi connectivity index (χ3v) is 11.6. The van der Waals surface area contributed by atoms with E-state index in [-0.39, 0.29) is 5.92 Å². The van der Waals surface area contributed by atoms with Crippen molar-refractivity contribution >= 4 is 28.1 Å².